The van der Waals surface area contributed by atoms with Crippen molar-refractivity contribution in [1.29, 1.82) is 0 Å². The molecule has 0 aromatic heterocycles. The molecule has 0 amide bonds. The van der Waals surface area contributed by atoms with Gasteiger partial charge in [0.2, 0.25) is 0 Å². The lowest BCUT2D eigenvalue weighted by Gasteiger charge is -2.21. The van der Waals surface area contributed by atoms with Crippen LogP contribution < -0.4 is 5.43 Å². The van der Waals surface area contributed by atoms with Crippen LogP contribution in [0.15, 0.2) is 54.1 Å². The van der Waals surface area contributed by atoms with Gasteiger partial charge >= 0.3 is 0 Å². The van der Waals surface area contributed by atoms with Crippen LogP contribution in [-0.2, 0) is 26.1 Å². The van der Waals surface area contributed by atoms with E-state index in [4.69, 9.17) is 8.37 Å². The number of nitrogens with zero attached hydrogens (tertiary/aromatic N) is 1. The van der Waals surface area contributed by atoms with Crippen LogP contribution >= 0.6 is 12.2 Å². The molecule has 144 valence electrons. The first kappa shape index (κ1) is 21.3. The summed E-state index contributed by atoms with van der Waals surface area (Å²) in [5, 5.41) is 0. The van der Waals surface area contributed by atoms with Crippen molar-refractivity contribution in [1.82, 2.24) is 9.84 Å². The molecule has 2 atom stereocenters. The average molecular weight is 397 g/mol. The predicted molar refractivity (Wildman–Crippen MR) is 109 cm³/mol. The number of nitrogens with one attached hydrogen (secondary N) is 1. The van der Waals surface area contributed by atoms with Crippen LogP contribution in [0.5, 0.6) is 0 Å². The Balaban J connectivity index is 1.53. The smallest absolute Gasteiger partial charge is 0.159 e. The fourth-order valence-electron chi connectivity index (χ4n) is 2.41. The zero-order valence-corrected chi connectivity index (χ0v) is 17.1. The Morgan fingerprint density at radius 2 is 2.12 bits per heavy atom. The maximum Gasteiger partial charge on any atom is 0.159 e. The van der Waals surface area contributed by atoms with Crippen LogP contribution in [0.1, 0.15) is 31.7 Å². The molecule has 0 bridgehead atoms. The van der Waals surface area contributed by atoms with Crippen molar-refractivity contribution in [3.05, 3.63) is 59.7 Å². The Hall–Kier alpha value is -0.960. The van der Waals surface area contributed by atoms with Gasteiger partial charge in [-0.1, -0.05) is 48.6 Å². The molecule has 0 heterocycles. The zero-order chi connectivity index (χ0) is 18.6. The number of rotatable bonds is 12. The van der Waals surface area contributed by atoms with E-state index in [1.807, 2.05) is 47.9 Å². The minimum absolute atomic E-state index is 0.193. The Labute approximate surface area is 163 Å². The Morgan fingerprint density at radius 1 is 1.31 bits per heavy atom. The van der Waals surface area contributed by atoms with E-state index in [0.717, 1.165) is 30.4 Å². The van der Waals surface area contributed by atoms with Crippen molar-refractivity contribution in [3.8, 4) is 0 Å². The number of hydrogen-bond acceptors (Lipinski definition) is 6. The summed E-state index contributed by atoms with van der Waals surface area (Å²) in [7, 11) is 1.91. The summed E-state index contributed by atoms with van der Waals surface area (Å²) < 4.78 is 24.8. The predicted octanol–water partition coefficient (Wildman–Crippen LogP) is 3.94. The Bertz CT molecular complexity index is 608. The van der Waals surface area contributed by atoms with Gasteiger partial charge in [-0.25, -0.2) is 9.63 Å². The quantitative estimate of drug-likeness (QED) is 0.328. The number of benzene rings is 1. The molecule has 1 N–H and O–H groups in total. The molecule has 1 aromatic carbocycles. The fraction of sp³-hybridized carbons (Fsp3) is 0.474. The van der Waals surface area contributed by atoms with Crippen LogP contribution in [0.3, 0.4) is 0 Å². The van der Waals surface area contributed by atoms with E-state index in [2.05, 4.69) is 24.5 Å². The Kier molecular flexibility index (Phi) is 10.2. The van der Waals surface area contributed by atoms with Gasteiger partial charge in [-0.15, -0.1) is 0 Å². The third-order valence-electron chi connectivity index (χ3n) is 3.76. The van der Waals surface area contributed by atoms with Crippen LogP contribution in [-0.4, -0.2) is 34.1 Å². The molecule has 1 aliphatic carbocycles. The summed E-state index contributed by atoms with van der Waals surface area (Å²) in [6, 6.07) is 10.2. The summed E-state index contributed by atoms with van der Waals surface area (Å²) in [5.41, 5.74) is 5.53. The maximum absolute atomic E-state index is 12.0. The molecular weight excluding hydrogens is 368 g/mol. The van der Waals surface area contributed by atoms with E-state index >= 15 is 0 Å². The van der Waals surface area contributed by atoms with E-state index in [-0.39, 0.29) is 6.04 Å². The molecule has 26 heavy (non-hydrogen) atoms. The Morgan fingerprint density at radius 3 is 2.85 bits per heavy atom. The molecular formula is C19H28N2O3S2. The molecule has 1 aliphatic rings. The highest BCUT2D eigenvalue weighted by Gasteiger charge is 2.09. The van der Waals surface area contributed by atoms with E-state index in [1.165, 1.54) is 12.2 Å². The van der Waals surface area contributed by atoms with Gasteiger partial charge in [0.1, 0.15) is 0 Å². The van der Waals surface area contributed by atoms with Crippen molar-refractivity contribution in [3.63, 3.8) is 0 Å². The molecule has 5 nitrogen and oxygen atoms in total. The SMILES string of the molecule is CC(CCOS(=O)CC1=CCCC=C1)NN(C)SOCc1ccccc1. The monoisotopic (exact) mass is 396 g/mol. The van der Waals surface area contributed by atoms with Gasteiger partial charge in [-0.05, 0) is 37.3 Å². The van der Waals surface area contributed by atoms with Crippen LogP contribution in [0.2, 0.25) is 0 Å². The van der Waals surface area contributed by atoms with Crippen molar-refractivity contribution in [2.45, 2.75) is 38.8 Å². The second kappa shape index (κ2) is 12.4. The lowest BCUT2D eigenvalue weighted by Crippen LogP contribution is -2.37. The van der Waals surface area contributed by atoms with E-state index in [9.17, 15) is 4.21 Å². The van der Waals surface area contributed by atoms with Crippen LogP contribution in [0.25, 0.3) is 0 Å². The van der Waals surface area contributed by atoms with Gasteiger partial charge in [0, 0.05) is 13.1 Å². The van der Waals surface area contributed by atoms with E-state index in [0.29, 0.717) is 19.0 Å². The van der Waals surface area contributed by atoms with Crippen LogP contribution in [0, 0.1) is 0 Å². The van der Waals surface area contributed by atoms with Gasteiger partial charge in [0.05, 0.1) is 31.2 Å². The molecule has 0 saturated heterocycles. The van der Waals surface area contributed by atoms with Gasteiger partial charge in [0.15, 0.2) is 11.1 Å². The van der Waals surface area contributed by atoms with Gasteiger partial charge in [-0.3, -0.25) is 8.37 Å². The first-order valence-corrected chi connectivity index (χ1v) is 10.8. The van der Waals surface area contributed by atoms with E-state index < -0.39 is 11.1 Å². The zero-order valence-electron chi connectivity index (χ0n) is 15.4. The third-order valence-corrected chi connectivity index (χ3v) is 5.31. The van der Waals surface area contributed by atoms with Crippen molar-refractivity contribution in [2.24, 2.45) is 0 Å². The summed E-state index contributed by atoms with van der Waals surface area (Å²) in [4.78, 5) is 0. The summed E-state index contributed by atoms with van der Waals surface area (Å²) in [6.07, 6.45) is 9.15. The first-order chi connectivity index (χ1) is 12.6. The molecule has 0 radical (unpaired) electrons. The van der Waals surface area contributed by atoms with Crippen molar-refractivity contribution >= 4 is 23.3 Å². The standard InChI is InChI=1S/C19H28N2O3S2/c1-17(13-14-24-26(22)16-19-11-7-4-8-12-19)20-21(2)25-23-15-18-9-5-3-6-10-18/h3,5-7,9-12,17,20H,4,8,13-16H2,1-2H3. The van der Waals surface area contributed by atoms with Crippen molar-refractivity contribution in [2.75, 3.05) is 19.4 Å². The third kappa shape index (κ3) is 9.12. The highest BCUT2D eigenvalue weighted by atomic mass is 32.2. The van der Waals surface area contributed by atoms with E-state index in [1.54, 1.807) is 0 Å². The topological polar surface area (TPSA) is 50.8 Å². The largest absolute Gasteiger partial charge is 0.295 e. The molecule has 0 fully saturated rings. The van der Waals surface area contributed by atoms with Gasteiger partial charge < -0.3 is 0 Å². The maximum atomic E-state index is 12.0. The molecule has 0 aliphatic heterocycles. The molecule has 2 unspecified atom stereocenters. The average Bonchev–Trinajstić information content (AvgIpc) is 2.63. The van der Waals surface area contributed by atoms with Crippen LogP contribution in [0.4, 0.5) is 0 Å². The number of hydrogen-bond donors (Lipinski definition) is 1. The highest BCUT2D eigenvalue weighted by Crippen LogP contribution is 2.13. The highest BCUT2D eigenvalue weighted by molar-refractivity contribution is 7.92. The second-order valence-electron chi connectivity index (χ2n) is 6.17. The lowest BCUT2D eigenvalue weighted by molar-refractivity contribution is 0.258. The molecule has 2 rings (SSSR count). The number of hydrazine groups is 1. The van der Waals surface area contributed by atoms with Gasteiger partial charge in [-0.2, -0.15) is 4.41 Å². The normalized spacial score (nSPS) is 16.5. The minimum Gasteiger partial charge on any atom is -0.295 e. The lowest BCUT2D eigenvalue weighted by atomic mass is 10.1. The summed E-state index contributed by atoms with van der Waals surface area (Å²) in [6.45, 7) is 3.08. The molecule has 0 saturated carbocycles. The number of allylic oxidation sites excluding steroid dienone is 3. The summed E-state index contributed by atoms with van der Waals surface area (Å²) >= 11 is 0.00540. The fourth-order valence-corrected chi connectivity index (χ4v) is 3.84. The van der Waals surface area contributed by atoms with Gasteiger partial charge in [0.25, 0.3) is 0 Å². The first-order valence-electron chi connectivity index (χ1n) is 8.84. The molecule has 0 spiro atoms. The minimum atomic E-state index is -1.26. The molecule has 1 aromatic rings. The summed E-state index contributed by atoms with van der Waals surface area (Å²) in [5.74, 6) is 0.474. The molecule has 7 heteroatoms. The van der Waals surface area contributed by atoms with Crippen molar-refractivity contribution < 1.29 is 12.6 Å². The second-order valence-corrected chi connectivity index (χ2v) is 8.23.